The van der Waals surface area contributed by atoms with Crippen LogP contribution in [0.15, 0.2) is 59.8 Å². The summed E-state index contributed by atoms with van der Waals surface area (Å²) in [7, 11) is 0. The van der Waals surface area contributed by atoms with Crippen LogP contribution in [0.1, 0.15) is 16.2 Å². The fourth-order valence-corrected chi connectivity index (χ4v) is 2.75. The minimum atomic E-state index is -1.05. The molecule has 27 heavy (non-hydrogen) atoms. The van der Waals surface area contributed by atoms with Gasteiger partial charge in [0, 0.05) is 5.69 Å². The summed E-state index contributed by atoms with van der Waals surface area (Å²) in [5, 5.41) is 18.8. The Morgan fingerprint density at radius 1 is 1.15 bits per heavy atom. The molecule has 0 aliphatic heterocycles. The Kier molecular flexibility index (Phi) is 6.06. The first-order chi connectivity index (χ1) is 13.1. The highest BCUT2D eigenvalue weighted by Gasteiger charge is 2.10. The second kappa shape index (κ2) is 8.86. The number of anilines is 1. The highest BCUT2D eigenvalue weighted by atomic mass is 32.2. The summed E-state index contributed by atoms with van der Waals surface area (Å²) < 4.78 is 5.57. The predicted molar refractivity (Wildman–Crippen MR) is 99.9 cm³/mol. The van der Waals surface area contributed by atoms with Gasteiger partial charge in [-0.2, -0.15) is 0 Å². The number of amides is 1. The topological polar surface area (TPSA) is 117 Å². The average Bonchev–Trinajstić information content (AvgIpc) is 3.14. The molecule has 1 heterocycles. The molecule has 0 spiro atoms. The van der Waals surface area contributed by atoms with E-state index in [9.17, 15) is 9.59 Å². The first-order valence-corrected chi connectivity index (χ1v) is 8.94. The molecule has 0 saturated heterocycles. The molecule has 9 heteroatoms. The highest BCUT2D eigenvalue weighted by molar-refractivity contribution is 7.99. The molecule has 3 aromatic rings. The molecule has 0 radical (unpaired) electrons. The van der Waals surface area contributed by atoms with Gasteiger partial charge < -0.3 is 15.2 Å². The Morgan fingerprint density at radius 3 is 2.74 bits per heavy atom. The number of thioether (sulfide) groups is 1. The van der Waals surface area contributed by atoms with Gasteiger partial charge in [-0.15, -0.1) is 5.10 Å². The molecule has 0 unspecified atom stereocenters. The molecule has 0 atom stereocenters. The zero-order chi connectivity index (χ0) is 19.1. The van der Waals surface area contributed by atoms with Gasteiger partial charge in [-0.05, 0) is 30.3 Å². The number of aromatic carboxylic acids is 1. The van der Waals surface area contributed by atoms with E-state index in [1.807, 2.05) is 30.3 Å². The molecule has 2 aromatic carbocycles. The molecular weight excluding hydrogens is 368 g/mol. The van der Waals surface area contributed by atoms with Crippen molar-refractivity contribution in [2.24, 2.45) is 0 Å². The minimum absolute atomic E-state index is 0.0914. The van der Waals surface area contributed by atoms with Crippen molar-refractivity contribution in [3.8, 4) is 5.75 Å². The average molecular weight is 384 g/mol. The largest absolute Gasteiger partial charge is 0.486 e. The van der Waals surface area contributed by atoms with Crippen LogP contribution < -0.4 is 10.1 Å². The van der Waals surface area contributed by atoms with E-state index in [1.54, 1.807) is 12.1 Å². The van der Waals surface area contributed by atoms with Crippen LogP contribution in [0.4, 0.5) is 5.69 Å². The van der Waals surface area contributed by atoms with Crippen molar-refractivity contribution in [3.05, 3.63) is 66.0 Å². The number of para-hydroxylation sites is 1. The molecule has 0 aliphatic rings. The fraction of sp³-hybridized carbons (Fsp3) is 0.111. The van der Waals surface area contributed by atoms with Crippen molar-refractivity contribution >= 4 is 29.3 Å². The second-order valence-electron chi connectivity index (χ2n) is 5.39. The lowest BCUT2D eigenvalue weighted by Gasteiger charge is -2.05. The Morgan fingerprint density at radius 2 is 1.96 bits per heavy atom. The normalized spacial score (nSPS) is 10.4. The highest BCUT2D eigenvalue weighted by Crippen LogP contribution is 2.16. The molecule has 0 fully saturated rings. The fourth-order valence-electron chi connectivity index (χ4n) is 2.13. The SMILES string of the molecule is O=C(CSc1n[nH]c(COc2ccccc2)n1)Nc1cccc(C(=O)O)c1. The van der Waals surface area contributed by atoms with Gasteiger partial charge in [-0.25, -0.2) is 9.78 Å². The number of carboxylic acids is 1. The van der Waals surface area contributed by atoms with E-state index in [1.165, 1.54) is 12.1 Å². The van der Waals surface area contributed by atoms with Crippen LogP contribution in [0.25, 0.3) is 0 Å². The van der Waals surface area contributed by atoms with Gasteiger partial charge in [0.05, 0.1) is 11.3 Å². The third-order valence-corrected chi connectivity index (χ3v) is 4.20. The molecular formula is C18H16N4O4S. The van der Waals surface area contributed by atoms with E-state index in [4.69, 9.17) is 9.84 Å². The number of nitrogens with zero attached hydrogens (tertiary/aromatic N) is 2. The molecule has 1 aromatic heterocycles. The van der Waals surface area contributed by atoms with Gasteiger partial charge in [0.25, 0.3) is 0 Å². The summed E-state index contributed by atoms with van der Waals surface area (Å²) >= 11 is 1.16. The zero-order valence-corrected chi connectivity index (χ0v) is 14.9. The molecule has 3 N–H and O–H groups in total. The van der Waals surface area contributed by atoms with Crippen LogP contribution in [0, 0.1) is 0 Å². The summed E-state index contributed by atoms with van der Waals surface area (Å²) in [5.74, 6) is 0.0385. The number of hydrogen-bond donors (Lipinski definition) is 3. The smallest absolute Gasteiger partial charge is 0.335 e. The number of H-pyrrole nitrogens is 1. The second-order valence-corrected chi connectivity index (χ2v) is 6.33. The summed E-state index contributed by atoms with van der Waals surface area (Å²) in [5.41, 5.74) is 0.532. The molecule has 3 rings (SSSR count). The maximum atomic E-state index is 12.0. The predicted octanol–water partition coefficient (Wildman–Crippen LogP) is 2.81. The van der Waals surface area contributed by atoms with E-state index in [2.05, 4.69) is 20.5 Å². The van der Waals surface area contributed by atoms with Gasteiger partial charge >= 0.3 is 5.97 Å². The monoisotopic (exact) mass is 384 g/mol. The summed E-state index contributed by atoms with van der Waals surface area (Å²) in [6.45, 7) is 0.242. The standard InChI is InChI=1S/C18H16N4O4S/c23-16(19-13-6-4-5-12(9-13)17(24)25)11-27-18-20-15(21-22-18)10-26-14-7-2-1-3-8-14/h1-9H,10-11H2,(H,19,23)(H,24,25)(H,20,21,22). The first-order valence-electron chi connectivity index (χ1n) is 7.95. The number of carbonyl (C=O) groups is 2. The van der Waals surface area contributed by atoms with Gasteiger partial charge in [0.15, 0.2) is 5.82 Å². The van der Waals surface area contributed by atoms with Gasteiger partial charge in [-0.3, -0.25) is 9.89 Å². The maximum absolute atomic E-state index is 12.0. The van der Waals surface area contributed by atoms with E-state index in [0.717, 1.165) is 17.5 Å². The number of rotatable bonds is 8. The van der Waals surface area contributed by atoms with E-state index in [0.29, 0.717) is 16.7 Å². The van der Waals surface area contributed by atoms with E-state index in [-0.39, 0.29) is 23.8 Å². The van der Waals surface area contributed by atoms with E-state index >= 15 is 0 Å². The molecule has 138 valence electrons. The van der Waals surface area contributed by atoms with Crippen molar-refractivity contribution in [3.63, 3.8) is 0 Å². The minimum Gasteiger partial charge on any atom is -0.486 e. The van der Waals surface area contributed by atoms with Gasteiger partial charge in [-0.1, -0.05) is 36.0 Å². The Bertz CT molecular complexity index is 930. The Labute approximate surface area is 159 Å². The Hall–Kier alpha value is -3.33. The number of benzene rings is 2. The van der Waals surface area contributed by atoms with Crippen molar-refractivity contribution in [1.29, 1.82) is 0 Å². The summed E-state index contributed by atoms with van der Waals surface area (Å²) in [6, 6.07) is 15.4. The number of nitrogens with one attached hydrogen (secondary N) is 2. The van der Waals surface area contributed by atoms with Crippen LogP contribution in [-0.2, 0) is 11.4 Å². The zero-order valence-electron chi connectivity index (χ0n) is 14.1. The lowest BCUT2D eigenvalue weighted by molar-refractivity contribution is -0.113. The number of ether oxygens (including phenoxy) is 1. The third kappa shape index (κ3) is 5.58. The van der Waals surface area contributed by atoms with Crippen molar-refractivity contribution in [1.82, 2.24) is 15.2 Å². The number of carbonyl (C=O) groups excluding carboxylic acids is 1. The van der Waals surface area contributed by atoms with Crippen molar-refractivity contribution in [2.45, 2.75) is 11.8 Å². The lowest BCUT2D eigenvalue weighted by Crippen LogP contribution is -2.14. The maximum Gasteiger partial charge on any atom is 0.335 e. The summed E-state index contributed by atoms with van der Waals surface area (Å²) in [6.07, 6.45) is 0. The lowest BCUT2D eigenvalue weighted by atomic mass is 10.2. The molecule has 1 amide bonds. The Balaban J connectivity index is 1.47. The van der Waals surface area contributed by atoms with Crippen LogP contribution in [-0.4, -0.2) is 37.9 Å². The van der Waals surface area contributed by atoms with Gasteiger partial charge in [0.1, 0.15) is 12.4 Å². The quantitative estimate of drug-likeness (QED) is 0.511. The molecule has 0 saturated carbocycles. The van der Waals surface area contributed by atoms with Crippen LogP contribution in [0.3, 0.4) is 0 Å². The number of carboxylic acid groups (broad SMARTS) is 1. The number of aromatic amines is 1. The number of aromatic nitrogens is 3. The van der Waals surface area contributed by atoms with Crippen LogP contribution in [0.5, 0.6) is 5.75 Å². The first kappa shape index (κ1) is 18.5. The third-order valence-electron chi connectivity index (χ3n) is 3.36. The summed E-state index contributed by atoms with van der Waals surface area (Å²) in [4.78, 5) is 27.2. The molecule has 8 nitrogen and oxygen atoms in total. The van der Waals surface area contributed by atoms with Gasteiger partial charge in [0.2, 0.25) is 11.1 Å². The van der Waals surface area contributed by atoms with Crippen LogP contribution in [0.2, 0.25) is 0 Å². The van der Waals surface area contributed by atoms with E-state index < -0.39 is 5.97 Å². The molecule has 0 aliphatic carbocycles. The molecule has 0 bridgehead atoms. The van der Waals surface area contributed by atoms with Crippen molar-refractivity contribution < 1.29 is 19.4 Å². The van der Waals surface area contributed by atoms with Crippen molar-refractivity contribution in [2.75, 3.05) is 11.1 Å². The van der Waals surface area contributed by atoms with Crippen LogP contribution >= 0.6 is 11.8 Å². The number of hydrogen-bond acceptors (Lipinski definition) is 6.